The van der Waals surface area contributed by atoms with E-state index >= 15 is 0 Å². The monoisotopic (exact) mass is 274 g/mol. The summed E-state index contributed by atoms with van der Waals surface area (Å²) in [5, 5.41) is 6.60. The molecule has 1 saturated heterocycles. The van der Waals surface area contributed by atoms with E-state index in [1.807, 2.05) is 6.07 Å². The van der Waals surface area contributed by atoms with E-state index in [0.29, 0.717) is 12.5 Å². The van der Waals surface area contributed by atoms with E-state index in [4.69, 9.17) is 0 Å². The summed E-state index contributed by atoms with van der Waals surface area (Å²) in [6.07, 6.45) is 6.01. The van der Waals surface area contributed by atoms with Crippen molar-refractivity contribution in [3.05, 3.63) is 35.9 Å². The van der Waals surface area contributed by atoms with E-state index in [1.54, 1.807) is 0 Å². The molecule has 110 valence electrons. The van der Waals surface area contributed by atoms with Crippen LogP contribution in [-0.2, 0) is 11.2 Å². The summed E-state index contributed by atoms with van der Waals surface area (Å²) in [5.74, 6) is 0.193. The van der Waals surface area contributed by atoms with Crippen LogP contribution in [0.1, 0.15) is 44.6 Å². The number of rotatable bonds is 7. The van der Waals surface area contributed by atoms with Crippen molar-refractivity contribution >= 4 is 5.91 Å². The van der Waals surface area contributed by atoms with Gasteiger partial charge in [-0.25, -0.2) is 0 Å². The molecule has 2 unspecified atom stereocenters. The zero-order chi connectivity index (χ0) is 14.2. The van der Waals surface area contributed by atoms with Gasteiger partial charge < -0.3 is 10.6 Å². The summed E-state index contributed by atoms with van der Waals surface area (Å²) in [6.45, 7) is 3.23. The van der Waals surface area contributed by atoms with E-state index in [9.17, 15) is 4.79 Å². The van der Waals surface area contributed by atoms with Crippen molar-refractivity contribution in [3.8, 4) is 0 Å². The van der Waals surface area contributed by atoms with Crippen molar-refractivity contribution in [3.63, 3.8) is 0 Å². The van der Waals surface area contributed by atoms with Gasteiger partial charge >= 0.3 is 0 Å². The highest BCUT2D eigenvalue weighted by atomic mass is 16.1. The summed E-state index contributed by atoms with van der Waals surface area (Å²) >= 11 is 0. The van der Waals surface area contributed by atoms with Gasteiger partial charge in [0.1, 0.15) is 0 Å². The maximum absolute atomic E-state index is 12.1. The van der Waals surface area contributed by atoms with Crippen molar-refractivity contribution in [1.29, 1.82) is 0 Å². The summed E-state index contributed by atoms with van der Waals surface area (Å²) in [7, 11) is 0. The Morgan fingerprint density at radius 1 is 1.40 bits per heavy atom. The van der Waals surface area contributed by atoms with Crippen LogP contribution in [-0.4, -0.2) is 24.5 Å². The molecule has 2 atom stereocenters. The Balaban J connectivity index is 1.83. The number of carbonyl (C=O) groups excluding carboxylic acids is 1. The summed E-state index contributed by atoms with van der Waals surface area (Å²) in [5.41, 5.74) is 1.30. The summed E-state index contributed by atoms with van der Waals surface area (Å²) in [4.78, 5) is 12.1. The Bertz CT molecular complexity index is 399. The highest BCUT2D eigenvalue weighted by molar-refractivity contribution is 5.77. The lowest BCUT2D eigenvalue weighted by Gasteiger charge is -2.19. The predicted molar refractivity (Wildman–Crippen MR) is 82.6 cm³/mol. The van der Waals surface area contributed by atoms with Crippen LogP contribution < -0.4 is 10.6 Å². The molecule has 1 fully saturated rings. The molecule has 0 aromatic heterocycles. The Hall–Kier alpha value is -1.35. The number of hydrogen-bond donors (Lipinski definition) is 2. The highest BCUT2D eigenvalue weighted by Gasteiger charge is 2.19. The molecule has 3 heteroatoms. The van der Waals surface area contributed by atoms with E-state index in [1.165, 1.54) is 12.0 Å². The van der Waals surface area contributed by atoms with Crippen LogP contribution in [0.5, 0.6) is 0 Å². The van der Waals surface area contributed by atoms with E-state index < -0.39 is 0 Å². The molecule has 0 spiro atoms. The van der Waals surface area contributed by atoms with Gasteiger partial charge in [0.2, 0.25) is 5.91 Å². The van der Waals surface area contributed by atoms with Gasteiger partial charge in [-0.1, -0.05) is 43.7 Å². The lowest BCUT2D eigenvalue weighted by Crippen LogP contribution is -2.39. The third kappa shape index (κ3) is 4.97. The minimum atomic E-state index is 0.193. The number of benzene rings is 1. The Kier molecular flexibility index (Phi) is 6.06. The number of carbonyl (C=O) groups is 1. The van der Waals surface area contributed by atoms with E-state index in [-0.39, 0.29) is 11.9 Å². The first-order valence-corrected chi connectivity index (χ1v) is 7.84. The summed E-state index contributed by atoms with van der Waals surface area (Å²) in [6, 6.07) is 11.1. The molecular formula is C17H26N2O. The lowest BCUT2D eigenvalue weighted by molar-refractivity contribution is -0.122. The Morgan fingerprint density at radius 3 is 2.85 bits per heavy atom. The average Bonchev–Trinajstić information content (AvgIpc) is 2.93. The quantitative estimate of drug-likeness (QED) is 0.802. The van der Waals surface area contributed by atoms with Crippen LogP contribution in [0.2, 0.25) is 0 Å². The zero-order valence-electron chi connectivity index (χ0n) is 12.4. The van der Waals surface area contributed by atoms with Crippen LogP contribution in [0.25, 0.3) is 0 Å². The maximum Gasteiger partial charge on any atom is 0.221 e. The smallest absolute Gasteiger partial charge is 0.221 e. The molecule has 0 bridgehead atoms. The number of nitrogens with one attached hydrogen (secondary N) is 2. The molecule has 1 aliphatic heterocycles. The maximum atomic E-state index is 12.1. The molecule has 3 nitrogen and oxygen atoms in total. The molecule has 0 radical (unpaired) electrons. The second-order valence-electron chi connectivity index (χ2n) is 5.74. The van der Waals surface area contributed by atoms with Crippen molar-refractivity contribution in [2.75, 3.05) is 6.54 Å². The molecule has 2 N–H and O–H groups in total. The zero-order valence-corrected chi connectivity index (χ0v) is 12.4. The van der Waals surface area contributed by atoms with Gasteiger partial charge in [-0.15, -0.1) is 0 Å². The van der Waals surface area contributed by atoms with Gasteiger partial charge in [0, 0.05) is 18.5 Å². The topological polar surface area (TPSA) is 41.1 Å². The molecule has 1 aromatic rings. The van der Waals surface area contributed by atoms with E-state index in [0.717, 1.165) is 32.2 Å². The standard InChI is InChI=1S/C17H26N2O/c1-2-7-16(12-14-8-4-3-5-9-14)19-17(20)13-15-10-6-11-18-15/h3-5,8-9,15-16,18H,2,6-7,10-13H2,1H3,(H,19,20). The minimum absolute atomic E-state index is 0.193. The fourth-order valence-electron chi connectivity index (χ4n) is 2.91. The number of amides is 1. The molecule has 1 aromatic carbocycles. The van der Waals surface area contributed by atoms with Gasteiger partial charge in [-0.2, -0.15) is 0 Å². The van der Waals surface area contributed by atoms with Crippen molar-refractivity contribution in [2.45, 2.75) is 57.5 Å². The van der Waals surface area contributed by atoms with Crippen LogP contribution >= 0.6 is 0 Å². The number of hydrogen-bond acceptors (Lipinski definition) is 2. The third-order valence-corrected chi connectivity index (χ3v) is 3.92. The third-order valence-electron chi connectivity index (χ3n) is 3.92. The predicted octanol–water partition coefficient (Wildman–Crippen LogP) is 2.66. The molecule has 0 aliphatic carbocycles. The van der Waals surface area contributed by atoms with Crippen molar-refractivity contribution in [2.24, 2.45) is 0 Å². The second kappa shape index (κ2) is 8.05. The highest BCUT2D eigenvalue weighted by Crippen LogP contribution is 2.11. The molecular weight excluding hydrogens is 248 g/mol. The summed E-state index contributed by atoms with van der Waals surface area (Å²) < 4.78 is 0. The van der Waals surface area contributed by atoms with Gasteiger partial charge in [0.25, 0.3) is 0 Å². The van der Waals surface area contributed by atoms with Crippen LogP contribution in [0, 0.1) is 0 Å². The van der Waals surface area contributed by atoms with Crippen LogP contribution in [0.15, 0.2) is 30.3 Å². The molecule has 1 heterocycles. The van der Waals surface area contributed by atoms with Crippen LogP contribution in [0.4, 0.5) is 0 Å². The first kappa shape index (κ1) is 15.0. The molecule has 2 rings (SSSR count). The first-order chi connectivity index (χ1) is 9.78. The molecule has 1 aliphatic rings. The van der Waals surface area contributed by atoms with Gasteiger partial charge in [0.15, 0.2) is 0 Å². The Labute approximate surface area is 122 Å². The molecule has 20 heavy (non-hydrogen) atoms. The lowest BCUT2D eigenvalue weighted by atomic mass is 10.0. The van der Waals surface area contributed by atoms with Crippen molar-refractivity contribution < 1.29 is 4.79 Å². The SMILES string of the molecule is CCCC(Cc1ccccc1)NC(=O)CC1CCCN1. The van der Waals surface area contributed by atoms with Gasteiger partial charge in [-0.05, 0) is 37.8 Å². The molecule has 0 saturated carbocycles. The van der Waals surface area contributed by atoms with Gasteiger partial charge in [-0.3, -0.25) is 4.79 Å². The Morgan fingerprint density at radius 2 is 2.20 bits per heavy atom. The van der Waals surface area contributed by atoms with Crippen molar-refractivity contribution in [1.82, 2.24) is 10.6 Å². The van der Waals surface area contributed by atoms with Crippen LogP contribution in [0.3, 0.4) is 0 Å². The van der Waals surface area contributed by atoms with E-state index in [2.05, 4.69) is 41.8 Å². The largest absolute Gasteiger partial charge is 0.353 e. The normalized spacial score (nSPS) is 19.8. The minimum Gasteiger partial charge on any atom is -0.353 e. The average molecular weight is 274 g/mol. The fourth-order valence-corrected chi connectivity index (χ4v) is 2.91. The van der Waals surface area contributed by atoms with Gasteiger partial charge in [0.05, 0.1) is 0 Å². The fraction of sp³-hybridized carbons (Fsp3) is 0.588. The first-order valence-electron chi connectivity index (χ1n) is 7.84. The second-order valence-corrected chi connectivity index (χ2v) is 5.74. The molecule has 1 amide bonds.